The average molecular weight is 406 g/mol. The minimum atomic E-state index is -3.39. The molecule has 0 radical (unpaired) electrons. The molecule has 0 saturated carbocycles. The minimum absolute atomic E-state index is 0.0149. The first-order chi connectivity index (χ1) is 14.1. The molecule has 0 amide bonds. The number of piperidine rings is 1. The van der Waals surface area contributed by atoms with Crippen molar-refractivity contribution in [3.8, 4) is 0 Å². The van der Waals surface area contributed by atoms with Crippen molar-refractivity contribution in [2.75, 3.05) is 18.0 Å². The predicted octanol–water partition coefficient (Wildman–Crippen LogP) is 4.68. The minimum Gasteiger partial charge on any atom is -0.371 e. The summed E-state index contributed by atoms with van der Waals surface area (Å²) in [5, 5.41) is 2.12. The van der Waals surface area contributed by atoms with Gasteiger partial charge >= 0.3 is 0 Å². The third-order valence-corrected chi connectivity index (χ3v) is 7.39. The lowest BCUT2D eigenvalue weighted by Crippen LogP contribution is -2.29. The molecule has 0 atom stereocenters. The van der Waals surface area contributed by atoms with Gasteiger partial charge in [-0.15, -0.1) is 0 Å². The maximum Gasteiger partial charge on any atom is 0.182 e. The zero-order valence-corrected chi connectivity index (χ0v) is 17.0. The summed E-state index contributed by atoms with van der Waals surface area (Å²) in [6.07, 6.45) is 5.53. The molecular weight excluding hydrogens is 382 g/mol. The highest BCUT2D eigenvalue weighted by molar-refractivity contribution is 7.90. The monoisotopic (exact) mass is 405 g/mol. The number of aromatic nitrogens is 2. The van der Waals surface area contributed by atoms with Crippen LogP contribution in [0.2, 0.25) is 0 Å². The summed E-state index contributed by atoms with van der Waals surface area (Å²) in [5.41, 5.74) is 3.81. The van der Waals surface area contributed by atoms with Gasteiger partial charge < -0.3 is 9.88 Å². The van der Waals surface area contributed by atoms with Crippen LogP contribution in [0.5, 0.6) is 0 Å². The molecule has 1 fully saturated rings. The summed E-state index contributed by atoms with van der Waals surface area (Å²) in [5.74, 6) is -0.0149. The molecule has 4 aromatic rings. The maximum absolute atomic E-state index is 12.8. The van der Waals surface area contributed by atoms with E-state index in [0.717, 1.165) is 40.6 Å². The molecule has 0 unspecified atom stereocenters. The van der Waals surface area contributed by atoms with Gasteiger partial charge in [0.25, 0.3) is 0 Å². The SMILES string of the molecule is O=S(=O)(Cc1ccc2[nH]c3nccc(N4CCCCC4)c3c2c1)c1ccccc1. The van der Waals surface area contributed by atoms with Crippen LogP contribution in [0.1, 0.15) is 24.8 Å². The molecular formula is C23H23N3O2S. The van der Waals surface area contributed by atoms with E-state index in [1.807, 2.05) is 30.5 Å². The van der Waals surface area contributed by atoms with Crippen molar-refractivity contribution in [2.45, 2.75) is 29.9 Å². The summed E-state index contributed by atoms with van der Waals surface area (Å²) in [7, 11) is -3.39. The Morgan fingerprint density at radius 1 is 0.966 bits per heavy atom. The topological polar surface area (TPSA) is 66.1 Å². The number of fused-ring (bicyclic) bond motifs is 3. The van der Waals surface area contributed by atoms with Crippen LogP contribution >= 0.6 is 0 Å². The van der Waals surface area contributed by atoms with E-state index >= 15 is 0 Å². The van der Waals surface area contributed by atoms with Crippen LogP contribution in [-0.2, 0) is 15.6 Å². The molecule has 1 aliphatic heterocycles. The van der Waals surface area contributed by atoms with Crippen molar-refractivity contribution in [1.82, 2.24) is 9.97 Å². The van der Waals surface area contributed by atoms with E-state index in [9.17, 15) is 8.42 Å². The lowest BCUT2D eigenvalue weighted by Gasteiger charge is -2.29. The molecule has 5 rings (SSSR count). The smallest absolute Gasteiger partial charge is 0.182 e. The number of aromatic amines is 1. The largest absolute Gasteiger partial charge is 0.371 e. The highest BCUT2D eigenvalue weighted by Crippen LogP contribution is 2.34. The predicted molar refractivity (Wildman–Crippen MR) is 117 cm³/mol. The third-order valence-electron chi connectivity index (χ3n) is 5.69. The van der Waals surface area contributed by atoms with Gasteiger partial charge in [-0.05, 0) is 55.2 Å². The number of benzene rings is 2. The number of anilines is 1. The van der Waals surface area contributed by atoms with Gasteiger partial charge in [0.15, 0.2) is 9.84 Å². The lowest BCUT2D eigenvalue weighted by atomic mass is 10.1. The zero-order valence-electron chi connectivity index (χ0n) is 16.1. The molecule has 0 spiro atoms. The third kappa shape index (κ3) is 3.38. The Labute approximate surface area is 170 Å². The molecule has 148 valence electrons. The number of pyridine rings is 1. The molecule has 29 heavy (non-hydrogen) atoms. The standard InChI is InChI=1S/C23H23N3O2S/c27-29(28,18-7-3-1-4-8-18)16-17-9-10-20-19(15-17)22-21(11-12-24-23(22)25-20)26-13-5-2-6-14-26/h1,3-4,7-12,15H,2,5-6,13-14,16H2,(H,24,25). The first-order valence-electron chi connectivity index (χ1n) is 10.0. The molecule has 2 aromatic carbocycles. The summed E-state index contributed by atoms with van der Waals surface area (Å²) in [6, 6.07) is 16.6. The number of sulfone groups is 1. The van der Waals surface area contributed by atoms with E-state index in [2.05, 4.69) is 20.9 Å². The molecule has 2 aromatic heterocycles. The Balaban J connectivity index is 1.60. The molecule has 1 saturated heterocycles. The van der Waals surface area contributed by atoms with E-state index in [-0.39, 0.29) is 5.75 Å². The maximum atomic E-state index is 12.8. The molecule has 6 heteroatoms. The fraction of sp³-hybridized carbons (Fsp3) is 0.261. The first-order valence-corrected chi connectivity index (χ1v) is 11.7. The summed E-state index contributed by atoms with van der Waals surface area (Å²) >= 11 is 0. The van der Waals surface area contributed by atoms with Gasteiger partial charge in [-0.1, -0.05) is 24.3 Å². The Morgan fingerprint density at radius 2 is 1.76 bits per heavy atom. The number of H-pyrrole nitrogens is 1. The Kier molecular flexibility index (Phi) is 4.51. The van der Waals surface area contributed by atoms with Gasteiger partial charge in [-0.2, -0.15) is 0 Å². The van der Waals surface area contributed by atoms with Gasteiger partial charge in [0.05, 0.1) is 10.6 Å². The van der Waals surface area contributed by atoms with E-state index in [0.29, 0.717) is 4.90 Å². The molecule has 0 bridgehead atoms. The lowest BCUT2D eigenvalue weighted by molar-refractivity contribution is 0.579. The normalized spacial score (nSPS) is 15.2. The van der Waals surface area contributed by atoms with Crippen molar-refractivity contribution in [3.05, 3.63) is 66.4 Å². The quantitative estimate of drug-likeness (QED) is 0.535. The fourth-order valence-electron chi connectivity index (χ4n) is 4.27. The Morgan fingerprint density at radius 3 is 2.55 bits per heavy atom. The van der Waals surface area contributed by atoms with Crippen LogP contribution in [0.4, 0.5) is 5.69 Å². The Bertz CT molecular complexity index is 1270. The summed E-state index contributed by atoms with van der Waals surface area (Å²) in [6.45, 7) is 2.10. The molecule has 3 heterocycles. The van der Waals surface area contributed by atoms with Crippen LogP contribution in [0.25, 0.3) is 21.9 Å². The second-order valence-corrected chi connectivity index (χ2v) is 9.67. The zero-order chi connectivity index (χ0) is 19.8. The van der Waals surface area contributed by atoms with Crippen LogP contribution in [0, 0.1) is 0 Å². The number of rotatable bonds is 4. The van der Waals surface area contributed by atoms with Crippen LogP contribution < -0.4 is 4.90 Å². The number of nitrogens with one attached hydrogen (secondary N) is 1. The van der Waals surface area contributed by atoms with Gasteiger partial charge in [0, 0.05) is 41.3 Å². The van der Waals surface area contributed by atoms with Gasteiger partial charge in [0.1, 0.15) is 5.65 Å². The molecule has 1 aliphatic rings. The fourth-order valence-corrected chi connectivity index (χ4v) is 5.62. The van der Waals surface area contributed by atoms with Crippen LogP contribution in [0.15, 0.2) is 65.7 Å². The van der Waals surface area contributed by atoms with Crippen molar-refractivity contribution >= 4 is 37.5 Å². The number of nitrogens with zero attached hydrogens (tertiary/aromatic N) is 2. The second-order valence-electron chi connectivity index (χ2n) is 7.68. The molecule has 0 aliphatic carbocycles. The second kappa shape index (κ2) is 7.19. The van der Waals surface area contributed by atoms with Gasteiger partial charge in [0.2, 0.25) is 0 Å². The molecule has 5 nitrogen and oxygen atoms in total. The van der Waals surface area contributed by atoms with Crippen molar-refractivity contribution < 1.29 is 8.42 Å². The van der Waals surface area contributed by atoms with Crippen molar-refractivity contribution in [1.29, 1.82) is 0 Å². The van der Waals surface area contributed by atoms with E-state index < -0.39 is 9.84 Å². The molecule has 1 N–H and O–H groups in total. The van der Waals surface area contributed by atoms with Gasteiger partial charge in [-0.25, -0.2) is 13.4 Å². The van der Waals surface area contributed by atoms with Crippen molar-refractivity contribution in [2.24, 2.45) is 0 Å². The Hall–Kier alpha value is -2.86. The van der Waals surface area contributed by atoms with E-state index in [1.165, 1.54) is 24.9 Å². The van der Waals surface area contributed by atoms with Gasteiger partial charge in [-0.3, -0.25) is 0 Å². The number of hydrogen-bond donors (Lipinski definition) is 1. The summed E-state index contributed by atoms with van der Waals surface area (Å²) in [4.78, 5) is 10.7. The van der Waals surface area contributed by atoms with E-state index in [4.69, 9.17) is 0 Å². The summed E-state index contributed by atoms with van der Waals surface area (Å²) < 4.78 is 25.7. The van der Waals surface area contributed by atoms with Crippen LogP contribution in [-0.4, -0.2) is 31.5 Å². The average Bonchev–Trinajstić information content (AvgIpc) is 3.13. The van der Waals surface area contributed by atoms with E-state index in [1.54, 1.807) is 24.3 Å². The highest BCUT2D eigenvalue weighted by Gasteiger charge is 2.19. The number of hydrogen-bond acceptors (Lipinski definition) is 4. The first kappa shape index (κ1) is 18.2. The highest BCUT2D eigenvalue weighted by atomic mass is 32.2. The van der Waals surface area contributed by atoms with Crippen molar-refractivity contribution in [3.63, 3.8) is 0 Å². The van der Waals surface area contributed by atoms with Crippen LogP contribution in [0.3, 0.4) is 0 Å².